The second kappa shape index (κ2) is 7.50. The topological polar surface area (TPSA) is 71.8 Å². The van der Waals surface area contributed by atoms with E-state index in [-0.39, 0.29) is 11.8 Å². The smallest absolute Gasteiger partial charge is 0.264 e. The van der Waals surface area contributed by atoms with Gasteiger partial charge in [0, 0.05) is 23.4 Å². The first-order valence-corrected chi connectivity index (χ1v) is 10.7. The Labute approximate surface area is 177 Å². The number of thiophene rings is 1. The molecule has 4 aromatic rings. The van der Waals surface area contributed by atoms with E-state index in [1.54, 1.807) is 24.1 Å². The molecule has 2 aromatic carbocycles. The Hall–Kier alpha value is -3.32. The van der Waals surface area contributed by atoms with E-state index in [0.717, 1.165) is 22.8 Å². The molecule has 1 atom stereocenters. The van der Waals surface area contributed by atoms with Gasteiger partial charge in [-0.15, -0.1) is 11.3 Å². The number of methoxy groups -OCH3 is 1. The van der Waals surface area contributed by atoms with Gasteiger partial charge in [-0.05, 0) is 36.4 Å². The van der Waals surface area contributed by atoms with E-state index in [9.17, 15) is 9.59 Å². The summed E-state index contributed by atoms with van der Waals surface area (Å²) in [6.45, 7) is 0.578. The first kappa shape index (κ1) is 18.7. The maximum Gasteiger partial charge on any atom is 0.264 e. The molecule has 30 heavy (non-hydrogen) atoms. The highest BCUT2D eigenvalue weighted by Crippen LogP contribution is 2.36. The standard InChI is InChI=1S/C23H20N2O4S/c1-28-20-12-15-14-6-2-3-8-18(14)29-19(15)13-16(20)24-22(26)17-7-4-10-25(17)23(27)21-9-5-11-30-21/h2-3,5-6,8-9,11-13,17H,4,7,10H2,1H3,(H,24,26). The number of carbonyl (C=O) groups excluding carboxylic acids is 2. The van der Waals surface area contributed by atoms with E-state index in [1.807, 2.05) is 41.8 Å². The number of para-hydroxylation sites is 1. The maximum atomic E-state index is 13.1. The molecule has 2 aromatic heterocycles. The van der Waals surface area contributed by atoms with Gasteiger partial charge in [0.1, 0.15) is 23.0 Å². The number of rotatable bonds is 4. The fourth-order valence-electron chi connectivity index (χ4n) is 4.06. The summed E-state index contributed by atoms with van der Waals surface area (Å²) in [4.78, 5) is 28.2. The van der Waals surface area contributed by atoms with Crippen LogP contribution in [0.4, 0.5) is 5.69 Å². The molecule has 1 aliphatic rings. The van der Waals surface area contributed by atoms with Crippen molar-refractivity contribution in [2.75, 3.05) is 19.0 Å². The first-order valence-electron chi connectivity index (χ1n) is 9.80. The first-order chi connectivity index (χ1) is 14.7. The number of hydrogen-bond acceptors (Lipinski definition) is 5. The average molecular weight is 420 g/mol. The Morgan fingerprint density at radius 1 is 1.13 bits per heavy atom. The lowest BCUT2D eigenvalue weighted by Crippen LogP contribution is -2.43. The Balaban J connectivity index is 1.45. The molecular formula is C23H20N2O4S. The molecule has 3 heterocycles. The molecule has 1 unspecified atom stereocenters. The van der Waals surface area contributed by atoms with Crippen molar-refractivity contribution in [3.63, 3.8) is 0 Å². The highest BCUT2D eigenvalue weighted by atomic mass is 32.1. The van der Waals surface area contributed by atoms with E-state index in [1.165, 1.54) is 11.3 Å². The SMILES string of the molecule is COc1cc2c(cc1NC(=O)C1CCCN1C(=O)c1cccs1)oc1ccccc12. The molecule has 0 spiro atoms. The molecule has 6 nitrogen and oxygen atoms in total. The number of likely N-dealkylation sites (tertiary alicyclic amines) is 1. The lowest BCUT2D eigenvalue weighted by molar-refractivity contribution is -0.119. The number of fused-ring (bicyclic) bond motifs is 3. The quantitative estimate of drug-likeness (QED) is 0.510. The number of hydrogen-bond donors (Lipinski definition) is 1. The highest BCUT2D eigenvalue weighted by Gasteiger charge is 2.35. The zero-order valence-corrected chi connectivity index (χ0v) is 17.2. The van der Waals surface area contributed by atoms with E-state index in [2.05, 4.69) is 5.32 Å². The van der Waals surface area contributed by atoms with Crippen molar-refractivity contribution < 1.29 is 18.7 Å². The van der Waals surface area contributed by atoms with Gasteiger partial charge in [0.15, 0.2) is 0 Å². The van der Waals surface area contributed by atoms with Crippen molar-refractivity contribution in [1.29, 1.82) is 0 Å². The normalized spacial score (nSPS) is 16.3. The summed E-state index contributed by atoms with van der Waals surface area (Å²) in [5.41, 5.74) is 1.98. The third-order valence-corrected chi connectivity index (χ3v) is 6.36. The van der Waals surface area contributed by atoms with Gasteiger partial charge in [0.05, 0.1) is 17.7 Å². The van der Waals surface area contributed by atoms with Crippen LogP contribution in [0.5, 0.6) is 5.75 Å². The number of anilines is 1. The molecule has 7 heteroatoms. The van der Waals surface area contributed by atoms with Crippen molar-refractivity contribution in [3.05, 3.63) is 58.8 Å². The van der Waals surface area contributed by atoms with Crippen LogP contribution in [0.15, 0.2) is 58.3 Å². The summed E-state index contributed by atoms with van der Waals surface area (Å²) in [6.07, 6.45) is 1.44. The molecule has 1 aliphatic heterocycles. The molecule has 2 amide bonds. The Kier molecular flexibility index (Phi) is 4.67. The Morgan fingerprint density at radius 3 is 2.80 bits per heavy atom. The number of nitrogens with one attached hydrogen (secondary N) is 1. The fourth-order valence-corrected chi connectivity index (χ4v) is 4.74. The summed E-state index contributed by atoms with van der Waals surface area (Å²) in [6, 6.07) is 14.6. The van der Waals surface area contributed by atoms with E-state index >= 15 is 0 Å². The van der Waals surface area contributed by atoms with Crippen LogP contribution in [0, 0.1) is 0 Å². The minimum absolute atomic E-state index is 0.0950. The molecule has 0 aliphatic carbocycles. The van der Waals surface area contributed by atoms with Crippen LogP contribution in [0.1, 0.15) is 22.5 Å². The average Bonchev–Trinajstić information content (AvgIpc) is 3.52. The molecular weight excluding hydrogens is 400 g/mol. The predicted octanol–water partition coefficient (Wildman–Crippen LogP) is 4.90. The molecule has 0 bridgehead atoms. The van der Waals surface area contributed by atoms with E-state index < -0.39 is 6.04 Å². The summed E-state index contributed by atoms with van der Waals surface area (Å²) in [7, 11) is 1.57. The Bertz CT molecular complexity index is 1250. The number of nitrogens with zero attached hydrogens (tertiary/aromatic N) is 1. The Morgan fingerprint density at radius 2 is 2.00 bits per heavy atom. The van der Waals surface area contributed by atoms with E-state index in [0.29, 0.717) is 34.9 Å². The molecule has 1 saturated heterocycles. The van der Waals surface area contributed by atoms with Crippen molar-refractivity contribution >= 4 is 50.8 Å². The maximum absolute atomic E-state index is 13.1. The molecule has 1 N–H and O–H groups in total. The van der Waals surface area contributed by atoms with Crippen molar-refractivity contribution in [2.45, 2.75) is 18.9 Å². The monoisotopic (exact) mass is 420 g/mol. The molecule has 0 radical (unpaired) electrons. The minimum Gasteiger partial charge on any atom is -0.495 e. The van der Waals surface area contributed by atoms with Gasteiger partial charge >= 0.3 is 0 Å². The van der Waals surface area contributed by atoms with Gasteiger partial charge in [-0.3, -0.25) is 9.59 Å². The van der Waals surface area contributed by atoms with Crippen LogP contribution in [0.3, 0.4) is 0 Å². The second-order valence-corrected chi connectivity index (χ2v) is 8.22. The van der Waals surface area contributed by atoms with Gasteiger partial charge in [0.2, 0.25) is 5.91 Å². The van der Waals surface area contributed by atoms with E-state index in [4.69, 9.17) is 9.15 Å². The van der Waals surface area contributed by atoms with Crippen LogP contribution in [0.25, 0.3) is 21.9 Å². The van der Waals surface area contributed by atoms with Gasteiger partial charge < -0.3 is 19.4 Å². The summed E-state index contributed by atoms with van der Waals surface area (Å²) >= 11 is 1.39. The van der Waals surface area contributed by atoms with Crippen LogP contribution in [-0.4, -0.2) is 36.4 Å². The number of carbonyl (C=O) groups is 2. The molecule has 5 rings (SSSR count). The fraction of sp³-hybridized carbons (Fsp3) is 0.217. The van der Waals surface area contributed by atoms with Crippen molar-refractivity contribution in [2.24, 2.45) is 0 Å². The minimum atomic E-state index is -0.504. The van der Waals surface area contributed by atoms with Crippen LogP contribution >= 0.6 is 11.3 Å². The number of amides is 2. The van der Waals surface area contributed by atoms with Gasteiger partial charge in [-0.1, -0.05) is 24.3 Å². The number of furan rings is 1. The van der Waals surface area contributed by atoms with Gasteiger partial charge in [-0.25, -0.2) is 0 Å². The van der Waals surface area contributed by atoms with Crippen LogP contribution in [0.2, 0.25) is 0 Å². The molecule has 1 fully saturated rings. The zero-order valence-electron chi connectivity index (χ0n) is 16.4. The van der Waals surface area contributed by atoms with Crippen molar-refractivity contribution in [1.82, 2.24) is 4.90 Å². The van der Waals surface area contributed by atoms with Gasteiger partial charge in [0.25, 0.3) is 5.91 Å². The van der Waals surface area contributed by atoms with Crippen LogP contribution in [-0.2, 0) is 4.79 Å². The molecule has 0 saturated carbocycles. The number of benzene rings is 2. The summed E-state index contributed by atoms with van der Waals surface area (Å²) in [5.74, 6) is 0.241. The molecule has 152 valence electrons. The predicted molar refractivity (Wildman–Crippen MR) is 117 cm³/mol. The number of ether oxygens (including phenoxy) is 1. The van der Waals surface area contributed by atoms with Gasteiger partial charge in [-0.2, -0.15) is 0 Å². The summed E-state index contributed by atoms with van der Waals surface area (Å²) < 4.78 is 11.5. The third kappa shape index (κ3) is 3.11. The second-order valence-electron chi connectivity index (χ2n) is 7.27. The van der Waals surface area contributed by atoms with Crippen LogP contribution < -0.4 is 10.1 Å². The highest BCUT2D eigenvalue weighted by molar-refractivity contribution is 7.12. The third-order valence-electron chi connectivity index (χ3n) is 5.50. The van der Waals surface area contributed by atoms with Crippen molar-refractivity contribution in [3.8, 4) is 5.75 Å². The largest absolute Gasteiger partial charge is 0.495 e. The zero-order chi connectivity index (χ0) is 20.7. The summed E-state index contributed by atoms with van der Waals surface area (Å²) in [5, 5.41) is 6.74. The lowest BCUT2D eigenvalue weighted by Gasteiger charge is -2.23. The lowest BCUT2D eigenvalue weighted by atomic mass is 10.1.